The first-order chi connectivity index (χ1) is 9.54. The van der Waals surface area contributed by atoms with Crippen molar-refractivity contribution >= 4 is 18.0 Å². The SMILES string of the molecule is CC(C)C1N=CNC(c2ccc(F)cc2)=C1C(=O)ON. The monoisotopic (exact) mass is 277 g/mol. The molecule has 1 aromatic carbocycles. The Balaban J connectivity index is 2.53. The lowest BCUT2D eigenvalue weighted by atomic mass is 9.91. The summed E-state index contributed by atoms with van der Waals surface area (Å²) >= 11 is 0. The van der Waals surface area contributed by atoms with E-state index in [0.29, 0.717) is 16.8 Å². The molecule has 0 radical (unpaired) electrons. The van der Waals surface area contributed by atoms with Crippen LogP contribution in [-0.2, 0) is 9.63 Å². The fourth-order valence-corrected chi connectivity index (χ4v) is 2.13. The summed E-state index contributed by atoms with van der Waals surface area (Å²) in [6.45, 7) is 3.89. The van der Waals surface area contributed by atoms with Crippen LogP contribution in [0, 0.1) is 11.7 Å². The number of carbonyl (C=O) groups is 1. The van der Waals surface area contributed by atoms with Gasteiger partial charge in [0.2, 0.25) is 0 Å². The van der Waals surface area contributed by atoms with E-state index < -0.39 is 5.97 Å². The van der Waals surface area contributed by atoms with E-state index in [-0.39, 0.29) is 17.8 Å². The van der Waals surface area contributed by atoms with Gasteiger partial charge in [0.15, 0.2) is 0 Å². The van der Waals surface area contributed by atoms with Crippen molar-refractivity contribution in [2.45, 2.75) is 19.9 Å². The Morgan fingerprint density at radius 3 is 2.60 bits per heavy atom. The largest absolute Gasteiger partial charge is 0.370 e. The van der Waals surface area contributed by atoms with Crippen molar-refractivity contribution in [1.29, 1.82) is 0 Å². The molecule has 0 aromatic heterocycles. The van der Waals surface area contributed by atoms with Crippen LogP contribution in [0.15, 0.2) is 34.8 Å². The Morgan fingerprint density at radius 1 is 1.40 bits per heavy atom. The summed E-state index contributed by atoms with van der Waals surface area (Å²) in [5, 5.41) is 2.91. The van der Waals surface area contributed by atoms with Crippen LogP contribution in [0.25, 0.3) is 5.70 Å². The van der Waals surface area contributed by atoms with Crippen LogP contribution >= 0.6 is 0 Å². The van der Waals surface area contributed by atoms with Crippen molar-refractivity contribution in [2.75, 3.05) is 0 Å². The van der Waals surface area contributed by atoms with Crippen LogP contribution in [0.3, 0.4) is 0 Å². The first kappa shape index (κ1) is 14.2. The number of hydrogen-bond acceptors (Lipinski definition) is 5. The number of rotatable bonds is 3. The molecule has 0 bridgehead atoms. The highest BCUT2D eigenvalue weighted by Crippen LogP contribution is 2.27. The Hall–Kier alpha value is -2.21. The molecular weight excluding hydrogens is 261 g/mol. The lowest BCUT2D eigenvalue weighted by molar-refractivity contribution is -0.139. The fraction of sp³-hybridized carbons (Fsp3) is 0.286. The van der Waals surface area contributed by atoms with Gasteiger partial charge in [-0.2, -0.15) is 5.90 Å². The zero-order valence-electron chi connectivity index (χ0n) is 11.3. The number of hydrogen-bond donors (Lipinski definition) is 2. The molecule has 1 aliphatic heterocycles. The van der Waals surface area contributed by atoms with E-state index in [4.69, 9.17) is 5.90 Å². The summed E-state index contributed by atoms with van der Waals surface area (Å²) in [6.07, 6.45) is 1.52. The second-order valence-electron chi connectivity index (χ2n) is 4.81. The number of carbonyl (C=O) groups excluding carboxylic acids is 1. The van der Waals surface area contributed by atoms with Crippen LogP contribution < -0.4 is 11.2 Å². The molecule has 106 valence electrons. The van der Waals surface area contributed by atoms with Crippen LogP contribution in [0.2, 0.25) is 0 Å². The molecular formula is C14H16FN3O2. The number of aliphatic imine (C=N–C) groups is 1. The molecule has 1 aliphatic rings. The first-order valence-corrected chi connectivity index (χ1v) is 6.24. The van der Waals surface area contributed by atoms with Gasteiger partial charge in [-0.25, -0.2) is 9.18 Å². The van der Waals surface area contributed by atoms with Crippen molar-refractivity contribution in [3.63, 3.8) is 0 Å². The topological polar surface area (TPSA) is 76.7 Å². The maximum atomic E-state index is 13.0. The molecule has 0 aliphatic carbocycles. The second kappa shape index (κ2) is 5.83. The number of halogens is 1. The van der Waals surface area contributed by atoms with Gasteiger partial charge in [-0.1, -0.05) is 13.8 Å². The van der Waals surface area contributed by atoms with Crippen LogP contribution in [0.5, 0.6) is 0 Å². The van der Waals surface area contributed by atoms with Crippen molar-refractivity contribution < 1.29 is 14.0 Å². The predicted octanol–water partition coefficient (Wildman–Crippen LogP) is 1.61. The molecule has 0 saturated heterocycles. The summed E-state index contributed by atoms with van der Waals surface area (Å²) in [4.78, 5) is 20.5. The minimum absolute atomic E-state index is 0.0953. The van der Waals surface area contributed by atoms with Gasteiger partial charge in [-0.05, 0) is 35.7 Å². The molecule has 0 fully saturated rings. The molecule has 2 rings (SSSR count). The maximum Gasteiger partial charge on any atom is 0.356 e. The highest BCUT2D eigenvalue weighted by atomic mass is 19.1. The van der Waals surface area contributed by atoms with Crippen LogP contribution in [0.1, 0.15) is 19.4 Å². The fourth-order valence-electron chi connectivity index (χ4n) is 2.13. The Bertz CT molecular complexity index is 564. The minimum Gasteiger partial charge on any atom is -0.370 e. The van der Waals surface area contributed by atoms with Gasteiger partial charge in [-0.15, -0.1) is 0 Å². The summed E-state index contributed by atoms with van der Waals surface area (Å²) < 4.78 is 13.0. The van der Waals surface area contributed by atoms with Crippen LogP contribution in [-0.4, -0.2) is 18.3 Å². The number of nitrogens with two attached hydrogens (primary N) is 1. The molecule has 1 unspecified atom stereocenters. The average Bonchev–Trinajstić information content (AvgIpc) is 2.46. The second-order valence-corrected chi connectivity index (χ2v) is 4.81. The van der Waals surface area contributed by atoms with E-state index >= 15 is 0 Å². The molecule has 3 N–H and O–H groups in total. The summed E-state index contributed by atoms with van der Waals surface area (Å²) in [6, 6.07) is 5.46. The third kappa shape index (κ3) is 2.70. The smallest absolute Gasteiger partial charge is 0.356 e. The number of nitrogens with zero attached hydrogens (tertiary/aromatic N) is 1. The van der Waals surface area contributed by atoms with E-state index in [1.54, 1.807) is 12.1 Å². The molecule has 20 heavy (non-hydrogen) atoms. The lowest BCUT2D eigenvalue weighted by Gasteiger charge is -2.25. The van der Waals surface area contributed by atoms with E-state index in [2.05, 4.69) is 15.1 Å². The summed E-state index contributed by atoms with van der Waals surface area (Å²) in [5.74, 6) is 4.11. The molecule has 6 heteroatoms. The highest BCUT2D eigenvalue weighted by molar-refractivity contribution is 6.01. The number of nitrogens with one attached hydrogen (secondary N) is 1. The van der Waals surface area contributed by atoms with Gasteiger partial charge in [0.25, 0.3) is 0 Å². The van der Waals surface area contributed by atoms with E-state index in [0.717, 1.165) is 0 Å². The van der Waals surface area contributed by atoms with Gasteiger partial charge < -0.3 is 10.2 Å². The maximum absolute atomic E-state index is 13.0. The summed E-state index contributed by atoms with van der Waals surface area (Å²) in [5.41, 5.74) is 1.55. The van der Waals surface area contributed by atoms with Crippen molar-refractivity contribution in [3.05, 3.63) is 41.2 Å². The Kier molecular flexibility index (Phi) is 4.14. The molecule has 0 amide bonds. The average molecular weight is 277 g/mol. The Labute approximate surface area is 116 Å². The van der Waals surface area contributed by atoms with Gasteiger partial charge in [0, 0.05) is 0 Å². The quantitative estimate of drug-likeness (QED) is 0.823. The van der Waals surface area contributed by atoms with Gasteiger partial charge in [-0.3, -0.25) is 4.99 Å². The standard InChI is InChI=1S/C14H16FN3O2/c1-8(2)12-11(14(19)20-16)13(18-7-17-12)9-3-5-10(15)6-4-9/h3-8,12H,16H2,1-2H3,(H,17,18). The predicted molar refractivity (Wildman–Crippen MR) is 73.9 cm³/mol. The third-order valence-corrected chi connectivity index (χ3v) is 3.10. The molecule has 1 atom stereocenters. The minimum atomic E-state index is -0.646. The third-order valence-electron chi connectivity index (χ3n) is 3.10. The molecule has 0 saturated carbocycles. The number of benzene rings is 1. The van der Waals surface area contributed by atoms with Crippen molar-refractivity contribution in [2.24, 2.45) is 16.8 Å². The van der Waals surface area contributed by atoms with E-state index in [9.17, 15) is 9.18 Å². The van der Waals surface area contributed by atoms with Gasteiger partial charge >= 0.3 is 5.97 Å². The first-order valence-electron chi connectivity index (χ1n) is 6.24. The zero-order valence-corrected chi connectivity index (χ0v) is 11.3. The normalized spacial score (nSPS) is 18.1. The van der Waals surface area contributed by atoms with E-state index in [1.807, 2.05) is 13.8 Å². The van der Waals surface area contributed by atoms with Crippen molar-refractivity contribution in [1.82, 2.24) is 5.32 Å². The molecule has 5 nitrogen and oxygen atoms in total. The highest BCUT2D eigenvalue weighted by Gasteiger charge is 2.30. The lowest BCUT2D eigenvalue weighted by Crippen LogP contribution is -2.33. The van der Waals surface area contributed by atoms with Crippen LogP contribution in [0.4, 0.5) is 4.39 Å². The molecule has 1 aromatic rings. The van der Waals surface area contributed by atoms with E-state index in [1.165, 1.54) is 18.5 Å². The molecule has 1 heterocycles. The Morgan fingerprint density at radius 2 is 2.05 bits per heavy atom. The van der Waals surface area contributed by atoms with Crippen molar-refractivity contribution in [3.8, 4) is 0 Å². The summed E-state index contributed by atoms with van der Waals surface area (Å²) in [7, 11) is 0. The molecule has 0 spiro atoms. The zero-order chi connectivity index (χ0) is 14.7. The van der Waals surface area contributed by atoms with Gasteiger partial charge in [0.05, 0.1) is 23.7 Å². The van der Waals surface area contributed by atoms with Gasteiger partial charge in [0.1, 0.15) is 5.82 Å².